The minimum absolute atomic E-state index is 0.271. The molecule has 2 aromatic rings. The van der Waals surface area contributed by atoms with Gasteiger partial charge in [0.25, 0.3) is 11.8 Å². The fourth-order valence-corrected chi connectivity index (χ4v) is 4.23. The lowest BCUT2D eigenvalue weighted by Gasteiger charge is -2.32. The van der Waals surface area contributed by atoms with Gasteiger partial charge in [0.1, 0.15) is 11.4 Å². The molecule has 1 saturated heterocycles. The van der Waals surface area contributed by atoms with Gasteiger partial charge in [0.2, 0.25) is 0 Å². The van der Waals surface area contributed by atoms with E-state index in [1.807, 2.05) is 44.2 Å². The van der Waals surface area contributed by atoms with Crippen molar-refractivity contribution < 1.29 is 14.3 Å². The van der Waals surface area contributed by atoms with Crippen molar-refractivity contribution in [1.82, 2.24) is 4.90 Å². The number of piperidine rings is 1. The van der Waals surface area contributed by atoms with Crippen molar-refractivity contribution in [2.75, 3.05) is 25.1 Å². The molecule has 0 N–H and O–H groups in total. The summed E-state index contributed by atoms with van der Waals surface area (Å²) in [6.45, 7) is 7.87. The smallest absolute Gasteiger partial charge is 0.282 e. The molecule has 0 aromatic heterocycles. The van der Waals surface area contributed by atoms with Crippen molar-refractivity contribution in [3.05, 3.63) is 64.9 Å². The molecule has 4 rings (SSSR count). The van der Waals surface area contributed by atoms with Gasteiger partial charge in [-0.2, -0.15) is 0 Å². The number of likely N-dealkylation sites (tertiary alicyclic amines) is 1. The molecule has 30 heavy (non-hydrogen) atoms. The maximum Gasteiger partial charge on any atom is 0.282 e. The molecule has 2 heterocycles. The van der Waals surface area contributed by atoms with Crippen LogP contribution in [0.3, 0.4) is 0 Å². The number of amides is 2. The Hall–Kier alpha value is -3.08. The van der Waals surface area contributed by atoms with Gasteiger partial charge in [0.05, 0.1) is 18.4 Å². The standard InChI is InChI=1S/C25H28N2O3/c1-16-11-13-26(14-12-16)23-22(19-10-9-17(2)18(3)15-19)24(28)27(25(23)29)20-7-5-6-8-21(20)30-4/h5-10,15-16H,11-14H2,1-4H3. The highest BCUT2D eigenvalue weighted by Crippen LogP contribution is 2.39. The largest absolute Gasteiger partial charge is 0.495 e. The van der Waals surface area contributed by atoms with Gasteiger partial charge in [-0.15, -0.1) is 0 Å². The van der Waals surface area contributed by atoms with Crippen molar-refractivity contribution in [1.29, 1.82) is 0 Å². The number of aryl methyl sites for hydroxylation is 2. The van der Waals surface area contributed by atoms with Gasteiger partial charge in [-0.3, -0.25) is 9.59 Å². The van der Waals surface area contributed by atoms with Crippen molar-refractivity contribution in [2.24, 2.45) is 5.92 Å². The van der Waals surface area contributed by atoms with Crippen LogP contribution in [-0.4, -0.2) is 36.9 Å². The van der Waals surface area contributed by atoms with Crippen LogP contribution in [-0.2, 0) is 9.59 Å². The summed E-state index contributed by atoms with van der Waals surface area (Å²) < 4.78 is 5.45. The van der Waals surface area contributed by atoms with E-state index in [0.29, 0.717) is 28.6 Å². The van der Waals surface area contributed by atoms with Crippen LogP contribution < -0.4 is 9.64 Å². The third kappa shape index (κ3) is 3.38. The topological polar surface area (TPSA) is 49.9 Å². The number of carbonyl (C=O) groups excluding carboxylic acids is 2. The second-order valence-electron chi connectivity index (χ2n) is 8.31. The van der Waals surface area contributed by atoms with Crippen molar-refractivity contribution in [3.8, 4) is 5.75 Å². The van der Waals surface area contributed by atoms with Gasteiger partial charge < -0.3 is 9.64 Å². The van der Waals surface area contributed by atoms with E-state index in [0.717, 1.165) is 42.6 Å². The minimum Gasteiger partial charge on any atom is -0.495 e. The monoisotopic (exact) mass is 404 g/mol. The Morgan fingerprint density at radius 3 is 2.30 bits per heavy atom. The molecule has 2 aliphatic heterocycles. The van der Waals surface area contributed by atoms with Crippen LogP contribution in [0.1, 0.15) is 36.5 Å². The number of hydrogen-bond acceptors (Lipinski definition) is 4. The quantitative estimate of drug-likeness (QED) is 0.712. The van der Waals surface area contributed by atoms with Crippen LogP contribution in [0.2, 0.25) is 0 Å². The molecule has 2 aromatic carbocycles. The molecular weight excluding hydrogens is 376 g/mol. The molecule has 2 amide bonds. The minimum atomic E-state index is -0.290. The van der Waals surface area contributed by atoms with Crippen molar-refractivity contribution in [3.63, 3.8) is 0 Å². The van der Waals surface area contributed by atoms with E-state index in [1.54, 1.807) is 19.2 Å². The van der Waals surface area contributed by atoms with Gasteiger partial charge >= 0.3 is 0 Å². The van der Waals surface area contributed by atoms with E-state index >= 15 is 0 Å². The lowest BCUT2D eigenvalue weighted by Crippen LogP contribution is -2.38. The first-order valence-corrected chi connectivity index (χ1v) is 10.5. The first kappa shape index (κ1) is 20.2. The maximum absolute atomic E-state index is 13.7. The zero-order valence-corrected chi connectivity index (χ0v) is 18.1. The summed E-state index contributed by atoms with van der Waals surface area (Å²) in [7, 11) is 1.55. The first-order chi connectivity index (χ1) is 14.4. The number of anilines is 1. The molecule has 5 nitrogen and oxygen atoms in total. The van der Waals surface area contributed by atoms with E-state index in [-0.39, 0.29) is 11.8 Å². The highest BCUT2D eigenvalue weighted by atomic mass is 16.5. The average Bonchev–Trinajstić information content (AvgIpc) is 3.00. The zero-order valence-electron chi connectivity index (χ0n) is 18.1. The molecular formula is C25H28N2O3. The number of methoxy groups -OCH3 is 1. The molecule has 156 valence electrons. The fraction of sp³-hybridized carbons (Fsp3) is 0.360. The molecule has 0 unspecified atom stereocenters. The van der Waals surface area contributed by atoms with E-state index in [1.165, 1.54) is 4.90 Å². The molecule has 5 heteroatoms. The lowest BCUT2D eigenvalue weighted by atomic mass is 9.96. The Morgan fingerprint density at radius 2 is 1.63 bits per heavy atom. The fourth-order valence-electron chi connectivity index (χ4n) is 4.23. The summed E-state index contributed by atoms with van der Waals surface area (Å²) in [6, 6.07) is 13.1. The second kappa shape index (κ2) is 7.98. The number of carbonyl (C=O) groups is 2. The van der Waals surface area contributed by atoms with E-state index in [4.69, 9.17) is 4.74 Å². The molecule has 0 aliphatic carbocycles. The summed E-state index contributed by atoms with van der Waals surface area (Å²) in [5, 5.41) is 0. The normalized spacial score (nSPS) is 17.9. The van der Waals surface area contributed by atoms with Crippen molar-refractivity contribution in [2.45, 2.75) is 33.6 Å². The Kier molecular flexibility index (Phi) is 5.37. The van der Waals surface area contributed by atoms with Crippen LogP contribution in [0.25, 0.3) is 5.57 Å². The number of ether oxygens (including phenoxy) is 1. The number of rotatable bonds is 4. The van der Waals surface area contributed by atoms with Crippen LogP contribution in [0.4, 0.5) is 5.69 Å². The van der Waals surface area contributed by atoms with E-state index < -0.39 is 0 Å². The maximum atomic E-state index is 13.7. The summed E-state index contributed by atoms with van der Waals surface area (Å²) in [5.74, 6) is 0.574. The van der Waals surface area contributed by atoms with Crippen molar-refractivity contribution >= 4 is 23.1 Å². The second-order valence-corrected chi connectivity index (χ2v) is 8.31. The van der Waals surface area contributed by atoms with Gasteiger partial charge in [-0.25, -0.2) is 4.90 Å². The summed E-state index contributed by atoms with van der Waals surface area (Å²) in [4.78, 5) is 30.7. The molecule has 0 radical (unpaired) electrons. The number of benzene rings is 2. The Balaban J connectivity index is 1.85. The van der Waals surface area contributed by atoms with E-state index in [9.17, 15) is 9.59 Å². The molecule has 0 spiro atoms. The van der Waals surface area contributed by atoms with Gasteiger partial charge in [-0.1, -0.05) is 37.3 Å². The average molecular weight is 405 g/mol. The molecule has 0 saturated carbocycles. The number of nitrogens with zero attached hydrogens (tertiary/aromatic N) is 2. The predicted molar refractivity (Wildman–Crippen MR) is 118 cm³/mol. The van der Waals surface area contributed by atoms with Gasteiger partial charge in [0, 0.05) is 13.1 Å². The highest BCUT2D eigenvalue weighted by molar-refractivity contribution is 6.45. The molecule has 0 bridgehead atoms. The Labute approximate surface area is 177 Å². The lowest BCUT2D eigenvalue weighted by molar-refractivity contribution is -0.120. The van der Waals surface area contributed by atoms with Crippen LogP contribution in [0.5, 0.6) is 5.75 Å². The first-order valence-electron chi connectivity index (χ1n) is 10.5. The summed E-state index contributed by atoms with van der Waals surface area (Å²) in [6.07, 6.45) is 2.03. The van der Waals surface area contributed by atoms with Crippen LogP contribution in [0.15, 0.2) is 48.2 Å². The third-order valence-corrected chi connectivity index (χ3v) is 6.28. The molecule has 1 fully saturated rings. The Bertz CT molecular complexity index is 1030. The molecule has 0 atom stereocenters. The molecule has 2 aliphatic rings. The highest BCUT2D eigenvalue weighted by Gasteiger charge is 2.43. The summed E-state index contributed by atoms with van der Waals surface area (Å²) in [5.41, 5.74) is 4.54. The summed E-state index contributed by atoms with van der Waals surface area (Å²) >= 11 is 0. The third-order valence-electron chi connectivity index (χ3n) is 6.28. The van der Waals surface area contributed by atoms with Gasteiger partial charge in [0.15, 0.2) is 0 Å². The zero-order chi connectivity index (χ0) is 21.4. The van der Waals surface area contributed by atoms with Crippen LogP contribution in [0, 0.1) is 19.8 Å². The number of para-hydroxylation sites is 2. The predicted octanol–water partition coefficient (Wildman–Crippen LogP) is 4.33. The number of imide groups is 1. The van der Waals surface area contributed by atoms with Crippen LogP contribution >= 0.6 is 0 Å². The van der Waals surface area contributed by atoms with Gasteiger partial charge in [-0.05, 0) is 61.4 Å². The SMILES string of the molecule is COc1ccccc1N1C(=O)C(c2ccc(C)c(C)c2)=C(N2CCC(C)CC2)C1=O. The Morgan fingerprint density at radius 1 is 0.933 bits per heavy atom. The number of hydrogen-bond donors (Lipinski definition) is 0. The van der Waals surface area contributed by atoms with E-state index in [2.05, 4.69) is 11.8 Å².